The largest absolute Gasteiger partial charge is 0.348 e. The molecule has 24 heavy (non-hydrogen) atoms. The Hall–Kier alpha value is -1.78. The van der Waals surface area contributed by atoms with Crippen molar-refractivity contribution < 1.29 is 31.5 Å². The van der Waals surface area contributed by atoms with Crippen molar-refractivity contribution >= 4 is 21.6 Å². The van der Waals surface area contributed by atoms with E-state index in [0.29, 0.717) is 6.61 Å². The monoisotopic (exact) mass is 364 g/mol. The molecule has 2 rings (SSSR count). The molecule has 1 aromatic carbocycles. The van der Waals surface area contributed by atoms with Crippen LogP contribution in [0.15, 0.2) is 29.2 Å². The summed E-state index contributed by atoms with van der Waals surface area (Å²) in [4.78, 5) is 11.2. The summed E-state index contributed by atoms with van der Waals surface area (Å²) in [7, 11) is -4.72. The number of ether oxygens (including phenoxy) is 2. The van der Waals surface area contributed by atoms with Gasteiger partial charge >= 0.3 is 11.8 Å². The van der Waals surface area contributed by atoms with E-state index in [-0.39, 0.29) is 18.3 Å². The number of amides is 2. The lowest BCUT2D eigenvalue weighted by molar-refractivity contribution is -0.137. The van der Waals surface area contributed by atoms with Crippen molar-refractivity contribution in [3.05, 3.63) is 24.3 Å². The Labute approximate surface area is 138 Å². The van der Waals surface area contributed by atoms with Crippen LogP contribution in [0.5, 0.6) is 0 Å². The normalized spacial score (nSPS) is 20.1. The molecule has 1 heterocycles. The number of sulfone groups is 1. The van der Waals surface area contributed by atoms with Gasteiger partial charge in [-0.05, 0) is 32.0 Å². The molecule has 0 aromatic heterocycles. The molecule has 1 aliphatic rings. The lowest BCUT2D eigenvalue weighted by atomic mass is 10.3. The van der Waals surface area contributed by atoms with E-state index in [1.165, 1.54) is 12.1 Å². The van der Waals surface area contributed by atoms with Crippen LogP contribution in [0.25, 0.3) is 0 Å². The molecule has 1 unspecified atom stereocenters. The van der Waals surface area contributed by atoms with Crippen molar-refractivity contribution in [2.45, 2.75) is 36.4 Å². The van der Waals surface area contributed by atoms with Crippen LogP contribution in [-0.2, 0) is 19.3 Å². The lowest BCUT2D eigenvalue weighted by Gasteiger charge is -2.17. The zero-order valence-corrected chi connectivity index (χ0v) is 13.9. The zero-order chi connectivity index (χ0) is 18.0. The molecule has 1 aliphatic heterocycles. The molecule has 134 valence electrons. The predicted molar refractivity (Wildman–Crippen MR) is 81.6 cm³/mol. The Morgan fingerprint density at radius 2 is 2.12 bits per heavy atom. The number of halogens is 2. The van der Waals surface area contributed by atoms with Crippen LogP contribution in [0, 0.1) is 0 Å². The second-order valence-electron chi connectivity index (χ2n) is 5.62. The lowest BCUT2D eigenvalue weighted by Crippen LogP contribution is -2.37. The van der Waals surface area contributed by atoms with Crippen molar-refractivity contribution in [1.82, 2.24) is 5.32 Å². The summed E-state index contributed by atoms with van der Waals surface area (Å²) in [5.74, 6) is -4.23. The first-order valence-electron chi connectivity index (χ1n) is 7.09. The molecule has 0 bridgehead atoms. The van der Waals surface area contributed by atoms with Gasteiger partial charge in [0.05, 0.1) is 11.5 Å². The highest BCUT2D eigenvalue weighted by molar-refractivity contribution is 7.91. The van der Waals surface area contributed by atoms with Gasteiger partial charge in [-0.2, -0.15) is 8.78 Å². The minimum absolute atomic E-state index is 0.0816. The van der Waals surface area contributed by atoms with Crippen LogP contribution >= 0.6 is 0 Å². The molecule has 10 heteroatoms. The third kappa shape index (κ3) is 4.62. The van der Waals surface area contributed by atoms with Gasteiger partial charge in [0.25, 0.3) is 0 Å². The van der Waals surface area contributed by atoms with Crippen molar-refractivity contribution in [1.29, 1.82) is 0 Å². The summed E-state index contributed by atoms with van der Waals surface area (Å²) >= 11 is 0. The second-order valence-corrected chi connectivity index (χ2v) is 7.54. The fraction of sp³-hybridized carbons (Fsp3) is 0.500. The molecule has 0 spiro atoms. The summed E-state index contributed by atoms with van der Waals surface area (Å²) in [6.07, 6.45) is -0.309. The molecule has 1 atom stereocenters. The van der Waals surface area contributed by atoms with Crippen LogP contribution in [0.4, 0.5) is 19.3 Å². The molecule has 1 saturated heterocycles. The molecule has 0 aliphatic carbocycles. The highest BCUT2D eigenvalue weighted by atomic mass is 32.2. The first kappa shape index (κ1) is 18.6. The Kier molecular flexibility index (Phi) is 5.41. The van der Waals surface area contributed by atoms with Crippen LogP contribution in [0.1, 0.15) is 13.8 Å². The number of rotatable bonds is 5. The van der Waals surface area contributed by atoms with E-state index in [2.05, 4.69) is 10.6 Å². The average Bonchev–Trinajstić information content (AvgIpc) is 2.84. The van der Waals surface area contributed by atoms with Gasteiger partial charge in [-0.15, -0.1) is 0 Å². The van der Waals surface area contributed by atoms with Gasteiger partial charge in [-0.3, -0.25) is 0 Å². The molecule has 0 saturated carbocycles. The third-order valence-electron chi connectivity index (χ3n) is 3.21. The van der Waals surface area contributed by atoms with Crippen molar-refractivity contribution in [2.75, 3.05) is 18.5 Å². The summed E-state index contributed by atoms with van der Waals surface area (Å²) < 4.78 is 58.8. The van der Waals surface area contributed by atoms with Gasteiger partial charge in [0, 0.05) is 12.2 Å². The first-order chi connectivity index (χ1) is 11.1. The molecule has 1 fully saturated rings. The Morgan fingerprint density at radius 1 is 1.42 bits per heavy atom. The van der Waals surface area contributed by atoms with Gasteiger partial charge in [0.2, 0.25) is 9.84 Å². The zero-order valence-electron chi connectivity index (χ0n) is 13.1. The number of nitrogens with one attached hydrogen (secondary N) is 2. The van der Waals surface area contributed by atoms with E-state index >= 15 is 0 Å². The van der Waals surface area contributed by atoms with Crippen LogP contribution in [0.3, 0.4) is 0 Å². The average molecular weight is 364 g/mol. The minimum atomic E-state index is -4.72. The van der Waals surface area contributed by atoms with E-state index in [1.54, 1.807) is 13.8 Å². The predicted octanol–water partition coefficient (Wildman–Crippen LogP) is 1.96. The quantitative estimate of drug-likeness (QED) is 0.833. The van der Waals surface area contributed by atoms with Gasteiger partial charge in [0.15, 0.2) is 5.79 Å². The molecule has 1 aromatic rings. The maximum absolute atomic E-state index is 12.5. The minimum Gasteiger partial charge on any atom is -0.348 e. The summed E-state index contributed by atoms with van der Waals surface area (Å²) in [6.45, 7) is 4.02. The van der Waals surface area contributed by atoms with Gasteiger partial charge in [0.1, 0.15) is 6.10 Å². The van der Waals surface area contributed by atoms with Crippen molar-refractivity contribution in [3.8, 4) is 0 Å². The Balaban J connectivity index is 1.93. The van der Waals surface area contributed by atoms with Crippen LogP contribution in [0.2, 0.25) is 0 Å². The molecule has 0 radical (unpaired) electrons. The topological polar surface area (TPSA) is 93.7 Å². The van der Waals surface area contributed by atoms with E-state index in [9.17, 15) is 22.0 Å². The number of hydrogen-bond acceptors (Lipinski definition) is 5. The molecule has 2 N–H and O–H groups in total. The summed E-state index contributed by atoms with van der Waals surface area (Å²) in [6, 6.07) is 4.05. The first-order valence-corrected chi connectivity index (χ1v) is 8.63. The van der Waals surface area contributed by atoms with E-state index in [1.807, 2.05) is 0 Å². The fourth-order valence-electron chi connectivity index (χ4n) is 2.10. The highest BCUT2D eigenvalue weighted by Crippen LogP contribution is 2.22. The fourth-order valence-corrected chi connectivity index (χ4v) is 2.86. The van der Waals surface area contributed by atoms with Gasteiger partial charge in [-0.1, -0.05) is 6.07 Å². The number of anilines is 1. The number of carbonyl (C=O) groups is 1. The standard InChI is InChI=1S/C14H18F2N2O5S/c1-14(2)22-8-10(23-14)7-17-13(19)18-9-4-3-5-11(6-9)24(20,21)12(15)16/h3-6,10,12H,7-8H2,1-2H3,(H2,17,18,19). The van der Waals surface area contributed by atoms with Gasteiger partial charge < -0.3 is 20.1 Å². The number of carbonyl (C=O) groups excluding carboxylic acids is 1. The summed E-state index contributed by atoms with van der Waals surface area (Å²) in [5, 5.41) is 4.92. The molecular formula is C14H18F2N2O5S. The van der Waals surface area contributed by atoms with Crippen molar-refractivity contribution in [2.24, 2.45) is 0 Å². The van der Waals surface area contributed by atoms with Crippen LogP contribution < -0.4 is 10.6 Å². The SMILES string of the molecule is CC1(C)OCC(CNC(=O)Nc2cccc(S(=O)(=O)C(F)F)c2)O1. The number of hydrogen-bond donors (Lipinski definition) is 2. The molecular weight excluding hydrogens is 346 g/mol. The number of benzene rings is 1. The maximum atomic E-state index is 12.5. The molecule has 7 nitrogen and oxygen atoms in total. The number of alkyl halides is 2. The third-order valence-corrected chi connectivity index (χ3v) is 4.59. The number of urea groups is 1. The van der Waals surface area contributed by atoms with Crippen molar-refractivity contribution in [3.63, 3.8) is 0 Å². The highest BCUT2D eigenvalue weighted by Gasteiger charge is 2.32. The maximum Gasteiger partial charge on any atom is 0.341 e. The van der Waals surface area contributed by atoms with E-state index in [4.69, 9.17) is 9.47 Å². The molecule has 2 amide bonds. The smallest absolute Gasteiger partial charge is 0.341 e. The van der Waals surface area contributed by atoms with Crippen LogP contribution in [-0.4, -0.2) is 45.2 Å². The Morgan fingerprint density at radius 3 is 2.71 bits per heavy atom. The van der Waals surface area contributed by atoms with E-state index in [0.717, 1.165) is 12.1 Å². The Bertz CT molecular complexity index is 709. The van der Waals surface area contributed by atoms with E-state index < -0.39 is 32.3 Å². The second kappa shape index (κ2) is 6.99. The van der Waals surface area contributed by atoms with Gasteiger partial charge in [-0.25, -0.2) is 13.2 Å². The summed E-state index contributed by atoms with van der Waals surface area (Å²) in [5.41, 5.74) is 0.0816.